The Hall–Kier alpha value is -3.02. The second-order valence-electron chi connectivity index (χ2n) is 6.38. The molecular formula is C21H24N2O4. The number of carbonyl (C=O) groups is 2. The molecule has 1 aliphatic rings. The summed E-state index contributed by atoms with van der Waals surface area (Å²) in [4.78, 5) is 26.8. The Morgan fingerprint density at radius 2 is 1.78 bits per heavy atom. The highest BCUT2D eigenvalue weighted by atomic mass is 16.5. The van der Waals surface area contributed by atoms with Crippen molar-refractivity contribution in [3.63, 3.8) is 0 Å². The van der Waals surface area contributed by atoms with Gasteiger partial charge >= 0.3 is 0 Å². The van der Waals surface area contributed by atoms with E-state index in [4.69, 9.17) is 9.47 Å². The van der Waals surface area contributed by atoms with Crippen molar-refractivity contribution in [2.45, 2.75) is 19.3 Å². The minimum atomic E-state index is -0.265. The topological polar surface area (TPSA) is 67.9 Å². The van der Waals surface area contributed by atoms with Crippen LogP contribution in [0.25, 0.3) is 0 Å². The Labute approximate surface area is 159 Å². The molecule has 3 rings (SSSR count). The van der Waals surface area contributed by atoms with Gasteiger partial charge in [-0.25, -0.2) is 0 Å². The van der Waals surface area contributed by atoms with Crippen LogP contribution in [0.2, 0.25) is 0 Å². The molecule has 6 heteroatoms. The molecule has 27 heavy (non-hydrogen) atoms. The van der Waals surface area contributed by atoms with Gasteiger partial charge in [-0.3, -0.25) is 9.59 Å². The number of nitrogens with one attached hydrogen (secondary N) is 1. The molecule has 0 saturated carbocycles. The minimum Gasteiger partial charge on any atom is -0.497 e. The molecule has 6 nitrogen and oxygen atoms in total. The Balaban J connectivity index is 1.59. The summed E-state index contributed by atoms with van der Waals surface area (Å²) in [6, 6.07) is 13.0. The molecule has 0 bridgehead atoms. The first-order chi connectivity index (χ1) is 13.1. The van der Waals surface area contributed by atoms with Crippen molar-refractivity contribution < 1.29 is 19.1 Å². The lowest BCUT2D eigenvalue weighted by atomic mass is 10.0. The lowest BCUT2D eigenvalue weighted by molar-refractivity contribution is -0.118. The number of nitrogens with zero attached hydrogens (tertiary/aromatic N) is 1. The zero-order valence-corrected chi connectivity index (χ0v) is 15.7. The monoisotopic (exact) mass is 368 g/mol. The van der Waals surface area contributed by atoms with Gasteiger partial charge < -0.3 is 19.7 Å². The Morgan fingerprint density at radius 1 is 1.07 bits per heavy atom. The van der Waals surface area contributed by atoms with Gasteiger partial charge in [-0.1, -0.05) is 18.2 Å². The van der Waals surface area contributed by atoms with Crippen molar-refractivity contribution in [2.75, 3.05) is 32.2 Å². The highest BCUT2D eigenvalue weighted by Crippen LogP contribution is 2.27. The maximum atomic E-state index is 12.6. The molecule has 0 aliphatic carbocycles. The van der Waals surface area contributed by atoms with E-state index in [9.17, 15) is 9.59 Å². The summed E-state index contributed by atoms with van der Waals surface area (Å²) in [5, 5.41) is 2.80. The number of ether oxygens (including phenoxy) is 2. The first-order valence-corrected chi connectivity index (χ1v) is 9.02. The average Bonchev–Trinajstić information content (AvgIpc) is 2.72. The molecule has 2 aromatic carbocycles. The number of hydrogen-bond acceptors (Lipinski definition) is 4. The third kappa shape index (κ3) is 4.39. The minimum absolute atomic E-state index is 0.0191. The predicted molar refractivity (Wildman–Crippen MR) is 104 cm³/mol. The van der Waals surface area contributed by atoms with Gasteiger partial charge in [0.15, 0.2) is 0 Å². The maximum absolute atomic E-state index is 12.6. The highest BCUT2D eigenvalue weighted by Gasteiger charge is 2.21. The maximum Gasteiger partial charge on any atom is 0.251 e. The second kappa shape index (κ2) is 8.58. The average molecular weight is 368 g/mol. The standard InChI is InChI=1S/C21H24N2O4/c1-26-17-12-16(13-18(14-17)27-2)21(25)22-10-9-20(24)23-11-5-7-15-6-3-4-8-19(15)23/h3-4,6,8,12-14H,5,7,9-11H2,1-2H3,(H,22,25). The SMILES string of the molecule is COc1cc(OC)cc(C(=O)NCCC(=O)N2CCCc3ccccc32)c1. The van der Waals surface area contributed by atoms with E-state index in [2.05, 4.69) is 11.4 Å². The summed E-state index contributed by atoms with van der Waals surface area (Å²) in [5.74, 6) is 0.839. The van der Waals surface area contributed by atoms with E-state index < -0.39 is 0 Å². The van der Waals surface area contributed by atoms with Gasteiger partial charge in [0.05, 0.1) is 14.2 Å². The van der Waals surface area contributed by atoms with E-state index in [0.29, 0.717) is 17.1 Å². The zero-order chi connectivity index (χ0) is 19.2. The fourth-order valence-corrected chi connectivity index (χ4v) is 3.25. The van der Waals surface area contributed by atoms with Crippen molar-refractivity contribution in [3.05, 3.63) is 53.6 Å². The molecule has 0 spiro atoms. The smallest absolute Gasteiger partial charge is 0.251 e. The number of hydrogen-bond donors (Lipinski definition) is 1. The van der Waals surface area contributed by atoms with Crippen LogP contribution in [0.4, 0.5) is 5.69 Å². The first kappa shape index (κ1) is 18.8. The summed E-state index contributed by atoms with van der Waals surface area (Å²) in [7, 11) is 3.07. The number of benzene rings is 2. The van der Waals surface area contributed by atoms with Crippen LogP contribution in [0, 0.1) is 0 Å². The molecule has 1 aliphatic heterocycles. The Bertz CT molecular complexity index is 812. The van der Waals surface area contributed by atoms with E-state index in [0.717, 1.165) is 25.1 Å². The third-order valence-electron chi connectivity index (χ3n) is 4.65. The van der Waals surface area contributed by atoms with Crippen LogP contribution >= 0.6 is 0 Å². The molecule has 0 radical (unpaired) electrons. The number of carbonyl (C=O) groups excluding carboxylic acids is 2. The molecule has 142 valence electrons. The van der Waals surface area contributed by atoms with E-state index in [1.54, 1.807) is 18.2 Å². The number of rotatable bonds is 6. The summed E-state index contributed by atoms with van der Waals surface area (Å²) >= 11 is 0. The summed E-state index contributed by atoms with van der Waals surface area (Å²) in [6.45, 7) is 0.993. The fourth-order valence-electron chi connectivity index (χ4n) is 3.25. The van der Waals surface area contributed by atoms with Crippen molar-refractivity contribution in [1.29, 1.82) is 0 Å². The molecular weight excluding hydrogens is 344 g/mol. The van der Waals surface area contributed by atoms with Crippen LogP contribution in [0.3, 0.4) is 0 Å². The fraction of sp³-hybridized carbons (Fsp3) is 0.333. The Morgan fingerprint density at radius 3 is 2.48 bits per heavy atom. The number of anilines is 1. The number of amides is 2. The van der Waals surface area contributed by atoms with Crippen molar-refractivity contribution >= 4 is 17.5 Å². The summed E-state index contributed by atoms with van der Waals surface area (Å²) in [5.41, 5.74) is 2.61. The van der Waals surface area contributed by atoms with Gasteiger partial charge in [-0.15, -0.1) is 0 Å². The van der Waals surface area contributed by atoms with Crippen LogP contribution in [-0.4, -0.2) is 39.1 Å². The summed E-state index contributed by atoms with van der Waals surface area (Å²) < 4.78 is 10.4. The molecule has 2 amide bonds. The largest absolute Gasteiger partial charge is 0.497 e. The second-order valence-corrected chi connectivity index (χ2v) is 6.38. The number of fused-ring (bicyclic) bond motifs is 1. The van der Waals surface area contributed by atoms with Gasteiger partial charge in [0, 0.05) is 36.8 Å². The van der Waals surface area contributed by atoms with Crippen LogP contribution in [0.5, 0.6) is 11.5 Å². The van der Waals surface area contributed by atoms with E-state index in [-0.39, 0.29) is 24.8 Å². The molecule has 1 heterocycles. The molecule has 0 fully saturated rings. The van der Waals surface area contributed by atoms with Gasteiger partial charge in [-0.2, -0.15) is 0 Å². The molecule has 1 N–H and O–H groups in total. The number of para-hydroxylation sites is 1. The quantitative estimate of drug-likeness (QED) is 0.851. The van der Waals surface area contributed by atoms with Crippen molar-refractivity contribution in [3.8, 4) is 11.5 Å². The molecule has 2 aromatic rings. The number of methoxy groups -OCH3 is 2. The predicted octanol–water partition coefficient (Wildman–Crippen LogP) is 2.80. The van der Waals surface area contributed by atoms with Crippen LogP contribution in [0.15, 0.2) is 42.5 Å². The van der Waals surface area contributed by atoms with E-state index in [1.165, 1.54) is 19.8 Å². The van der Waals surface area contributed by atoms with Crippen molar-refractivity contribution in [2.24, 2.45) is 0 Å². The molecule has 0 unspecified atom stereocenters. The Kier molecular flexibility index (Phi) is 5.96. The van der Waals surface area contributed by atoms with E-state index in [1.807, 2.05) is 23.1 Å². The summed E-state index contributed by atoms with van der Waals surface area (Å²) in [6.07, 6.45) is 2.20. The third-order valence-corrected chi connectivity index (χ3v) is 4.65. The molecule has 0 saturated heterocycles. The van der Waals surface area contributed by atoms with Gasteiger partial charge in [0.1, 0.15) is 11.5 Å². The van der Waals surface area contributed by atoms with E-state index >= 15 is 0 Å². The molecule has 0 atom stereocenters. The lowest BCUT2D eigenvalue weighted by Crippen LogP contribution is -2.37. The zero-order valence-electron chi connectivity index (χ0n) is 15.7. The van der Waals surface area contributed by atoms with Gasteiger partial charge in [0.2, 0.25) is 5.91 Å². The van der Waals surface area contributed by atoms with Crippen molar-refractivity contribution in [1.82, 2.24) is 5.32 Å². The van der Waals surface area contributed by atoms with Crippen LogP contribution in [0.1, 0.15) is 28.8 Å². The van der Waals surface area contributed by atoms with Crippen LogP contribution < -0.4 is 19.7 Å². The van der Waals surface area contributed by atoms with Crippen LogP contribution in [-0.2, 0) is 11.2 Å². The molecule has 0 aromatic heterocycles. The first-order valence-electron chi connectivity index (χ1n) is 9.02. The lowest BCUT2D eigenvalue weighted by Gasteiger charge is -2.29. The highest BCUT2D eigenvalue weighted by molar-refractivity contribution is 5.97. The normalized spacial score (nSPS) is 12.9. The van der Waals surface area contributed by atoms with Gasteiger partial charge in [-0.05, 0) is 36.6 Å². The van der Waals surface area contributed by atoms with Gasteiger partial charge in [0.25, 0.3) is 5.91 Å². The number of aryl methyl sites for hydroxylation is 1.